The largest absolute Gasteiger partial charge is 0.342 e. The van der Waals surface area contributed by atoms with E-state index in [1.807, 2.05) is 36.9 Å². The lowest BCUT2D eigenvalue weighted by Crippen LogP contribution is -2.48. The Hall–Kier alpha value is -2.17. The number of benzene rings is 1. The molecule has 1 aliphatic heterocycles. The predicted molar refractivity (Wildman–Crippen MR) is 125 cm³/mol. The van der Waals surface area contributed by atoms with Gasteiger partial charge in [0.1, 0.15) is 0 Å². The lowest BCUT2D eigenvalue weighted by atomic mass is 9.80. The number of hydrogen-bond donors (Lipinski definition) is 1. The molecule has 0 aromatic heterocycles. The summed E-state index contributed by atoms with van der Waals surface area (Å²) in [5, 5.41) is 3.11. The Kier molecular flexibility index (Phi) is 7.32. The summed E-state index contributed by atoms with van der Waals surface area (Å²) in [6.07, 6.45) is 9.62. The highest BCUT2D eigenvalue weighted by atomic mass is 16.2. The van der Waals surface area contributed by atoms with E-state index in [9.17, 15) is 14.4 Å². The van der Waals surface area contributed by atoms with E-state index in [1.165, 1.54) is 6.42 Å². The van der Waals surface area contributed by atoms with Crippen molar-refractivity contribution in [3.8, 4) is 0 Å². The summed E-state index contributed by atoms with van der Waals surface area (Å²) in [5.74, 6) is 0.968. The maximum Gasteiger partial charge on any atom is 0.251 e. The molecule has 1 N–H and O–H groups in total. The molecule has 2 aliphatic carbocycles. The van der Waals surface area contributed by atoms with E-state index < -0.39 is 6.04 Å². The standard InChI is InChI=1S/C27H38N2O3/c1-18(2)25(30)24(19-8-4-3-5-9-19)28-26(31)22-11-6-10-21(16-22)23-12-7-15-29(17-23)27(32)20-13-14-20/h6,10-11,16,18-20,23-24H,3-5,7-9,12-15,17H2,1-2H3,(H,28,31)/t23-,24-/m0/s1. The fourth-order valence-electron chi connectivity index (χ4n) is 5.44. The summed E-state index contributed by atoms with van der Waals surface area (Å²) in [5.41, 5.74) is 1.74. The number of hydrogen-bond acceptors (Lipinski definition) is 3. The number of carbonyl (C=O) groups is 3. The van der Waals surface area contributed by atoms with Crippen molar-refractivity contribution in [2.75, 3.05) is 13.1 Å². The summed E-state index contributed by atoms with van der Waals surface area (Å²) in [6, 6.07) is 7.43. The third kappa shape index (κ3) is 5.41. The van der Waals surface area contributed by atoms with Crippen molar-refractivity contribution in [3.05, 3.63) is 35.4 Å². The van der Waals surface area contributed by atoms with E-state index in [0.29, 0.717) is 11.5 Å². The molecule has 1 heterocycles. The predicted octanol–water partition coefficient (Wildman–Crippen LogP) is 4.71. The quantitative estimate of drug-likeness (QED) is 0.671. The van der Waals surface area contributed by atoms with E-state index in [2.05, 4.69) is 11.4 Å². The SMILES string of the molecule is CC(C)C(=O)[C@@H](NC(=O)c1cccc([C@H]2CCCN(C(=O)C3CC3)C2)c1)C1CCCCC1. The van der Waals surface area contributed by atoms with E-state index in [1.54, 1.807) is 0 Å². The first-order chi connectivity index (χ1) is 15.4. The monoisotopic (exact) mass is 438 g/mol. The van der Waals surface area contributed by atoms with Crippen LogP contribution in [0.4, 0.5) is 0 Å². The van der Waals surface area contributed by atoms with Crippen LogP contribution in [0.3, 0.4) is 0 Å². The number of nitrogens with one attached hydrogen (secondary N) is 1. The van der Waals surface area contributed by atoms with Gasteiger partial charge < -0.3 is 10.2 Å². The van der Waals surface area contributed by atoms with Gasteiger partial charge in [-0.2, -0.15) is 0 Å². The molecule has 2 atom stereocenters. The summed E-state index contributed by atoms with van der Waals surface area (Å²) in [7, 11) is 0. The molecular formula is C27H38N2O3. The molecule has 1 aromatic rings. The van der Waals surface area contributed by atoms with Crippen molar-refractivity contribution < 1.29 is 14.4 Å². The van der Waals surface area contributed by atoms with Gasteiger partial charge >= 0.3 is 0 Å². The third-order valence-electron chi connectivity index (χ3n) is 7.56. The highest BCUT2D eigenvalue weighted by molar-refractivity contribution is 5.98. The first-order valence-corrected chi connectivity index (χ1v) is 12.7. The average Bonchev–Trinajstić information content (AvgIpc) is 3.68. The zero-order chi connectivity index (χ0) is 22.7. The normalized spacial score (nSPS) is 23.1. The fourth-order valence-corrected chi connectivity index (χ4v) is 5.44. The molecule has 1 aromatic carbocycles. The molecule has 5 heteroatoms. The maximum absolute atomic E-state index is 13.2. The minimum absolute atomic E-state index is 0.0919. The second-order valence-corrected chi connectivity index (χ2v) is 10.4. The lowest BCUT2D eigenvalue weighted by molar-refractivity contribution is -0.133. The Morgan fingerprint density at radius 1 is 0.969 bits per heavy atom. The van der Waals surface area contributed by atoms with Crippen LogP contribution in [0.15, 0.2) is 24.3 Å². The van der Waals surface area contributed by atoms with Crippen LogP contribution in [0.2, 0.25) is 0 Å². The molecule has 3 fully saturated rings. The highest BCUT2D eigenvalue weighted by Crippen LogP contribution is 2.34. The minimum Gasteiger partial charge on any atom is -0.342 e. The zero-order valence-corrected chi connectivity index (χ0v) is 19.6. The number of Topliss-reactive ketones (excluding diaryl/α,β-unsaturated/α-hetero) is 1. The van der Waals surface area contributed by atoms with Gasteiger partial charge in [-0.3, -0.25) is 14.4 Å². The van der Waals surface area contributed by atoms with Crippen molar-refractivity contribution in [1.82, 2.24) is 10.2 Å². The number of amides is 2. The lowest BCUT2D eigenvalue weighted by Gasteiger charge is -2.33. The van der Waals surface area contributed by atoms with Crippen molar-refractivity contribution in [3.63, 3.8) is 0 Å². The van der Waals surface area contributed by atoms with Gasteiger partial charge in [-0.1, -0.05) is 45.2 Å². The molecule has 2 saturated carbocycles. The van der Waals surface area contributed by atoms with Crippen LogP contribution in [-0.4, -0.2) is 41.6 Å². The van der Waals surface area contributed by atoms with Gasteiger partial charge in [0, 0.05) is 36.4 Å². The van der Waals surface area contributed by atoms with E-state index in [4.69, 9.17) is 0 Å². The van der Waals surface area contributed by atoms with E-state index in [0.717, 1.165) is 70.0 Å². The minimum atomic E-state index is -0.396. The van der Waals surface area contributed by atoms with Gasteiger partial charge in [0.25, 0.3) is 5.91 Å². The molecule has 0 spiro atoms. The molecule has 4 rings (SSSR count). The molecule has 174 valence electrons. The topological polar surface area (TPSA) is 66.5 Å². The van der Waals surface area contributed by atoms with Crippen LogP contribution in [0.5, 0.6) is 0 Å². The third-order valence-corrected chi connectivity index (χ3v) is 7.56. The molecule has 0 unspecified atom stereocenters. The van der Waals surface area contributed by atoms with Crippen LogP contribution >= 0.6 is 0 Å². The van der Waals surface area contributed by atoms with Gasteiger partial charge in [0.2, 0.25) is 5.91 Å². The summed E-state index contributed by atoms with van der Waals surface area (Å²) in [6.45, 7) is 5.44. The Morgan fingerprint density at radius 2 is 1.72 bits per heavy atom. The fraction of sp³-hybridized carbons (Fsp3) is 0.667. The summed E-state index contributed by atoms with van der Waals surface area (Å²) >= 11 is 0. The van der Waals surface area contributed by atoms with Crippen molar-refractivity contribution in [2.24, 2.45) is 17.8 Å². The summed E-state index contributed by atoms with van der Waals surface area (Å²) < 4.78 is 0. The molecule has 5 nitrogen and oxygen atoms in total. The van der Waals surface area contributed by atoms with E-state index in [-0.39, 0.29) is 35.4 Å². The zero-order valence-electron chi connectivity index (χ0n) is 19.6. The van der Waals surface area contributed by atoms with Crippen molar-refractivity contribution >= 4 is 17.6 Å². The van der Waals surface area contributed by atoms with Gasteiger partial charge in [-0.05, 0) is 62.1 Å². The Balaban J connectivity index is 1.45. The number of carbonyl (C=O) groups excluding carboxylic acids is 3. The second-order valence-electron chi connectivity index (χ2n) is 10.4. The Morgan fingerprint density at radius 3 is 2.41 bits per heavy atom. The molecule has 1 saturated heterocycles. The van der Waals surface area contributed by atoms with E-state index >= 15 is 0 Å². The number of rotatable bonds is 7. The Bertz CT molecular complexity index is 839. The second kappa shape index (κ2) is 10.2. The van der Waals surface area contributed by atoms with Crippen LogP contribution in [0, 0.1) is 17.8 Å². The van der Waals surface area contributed by atoms with Crippen LogP contribution in [0.1, 0.15) is 93.5 Å². The number of piperidine rings is 1. The molecule has 0 radical (unpaired) electrons. The van der Waals surface area contributed by atoms with Gasteiger partial charge in [0.15, 0.2) is 5.78 Å². The smallest absolute Gasteiger partial charge is 0.251 e. The van der Waals surface area contributed by atoms with Gasteiger partial charge in [-0.25, -0.2) is 0 Å². The average molecular weight is 439 g/mol. The highest BCUT2D eigenvalue weighted by Gasteiger charge is 2.36. The van der Waals surface area contributed by atoms with Gasteiger partial charge in [0.05, 0.1) is 6.04 Å². The number of likely N-dealkylation sites (tertiary alicyclic amines) is 1. The first kappa shape index (κ1) is 23.0. The molecular weight excluding hydrogens is 400 g/mol. The van der Waals surface area contributed by atoms with Crippen LogP contribution in [0.25, 0.3) is 0 Å². The van der Waals surface area contributed by atoms with Crippen LogP contribution in [-0.2, 0) is 9.59 Å². The number of nitrogens with zero attached hydrogens (tertiary/aromatic N) is 1. The maximum atomic E-state index is 13.2. The molecule has 0 bridgehead atoms. The molecule has 3 aliphatic rings. The van der Waals surface area contributed by atoms with Crippen LogP contribution < -0.4 is 5.32 Å². The first-order valence-electron chi connectivity index (χ1n) is 12.7. The number of ketones is 1. The Labute approximate surface area is 192 Å². The molecule has 2 amide bonds. The van der Waals surface area contributed by atoms with Crippen molar-refractivity contribution in [1.29, 1.82) is 0 Å². The summed E-state index contributed by atoms with van der Waals surface area (Å²) in [4.78, 5) is 40.7. The van der Waals surface area contributed by atoms with Gasteiger partial charge in [-0.15, -0.1) is 0 Å². The van der Waals surface area contributed by atoms with Crippen molar-refractivity contribution in [2.45, 2.75) is 83.6 Å². The molecule has 32 heavy (non-hydrogen) atoms.